The summed E-state index contributed by atoms with van der Waals surface area (Å²) in [5, 5.41) is 3.72. The molecule has 0 radical (unpaired) electrons. The molecule has 4 nitrogen and oxygen atoms in total. The third kappa shape index (κ3) is 4.95. The van der Waals surface area contributed by atoms with Crippen LogP contribution in [0, 0.1) is 0 Å². The molecule has 3 rings (SSSR count). The van der Waals surface area contributed by atoms with Gasteiger partial charge in [0.1, 0.15) is 5.75 Å². The third-order valence-corrected chi connectivity index (χ3v) is 5.42. The maximum Gasteiger partial charge on any atom is 0.119 e. The maximum absolute atomic E-state index is 6.02. The summed E-state index contributed by atoms with van der Waals surface area (Å²) in [6, 6.07) is 7.11. The molecule has 1 atom stereocenters. The molecule has 4 heteroatoms. The highest BCUT2D eigenvalue weighted by atomic mass is 16.5. The Bertz CT molecular complexity index is 512. The molecular weight excluding hydrogens is 300 g/mol. The average Bonchev–Trinajstić information content (AvgIpc) is 2.62. The molecule has 24 heavy (non-hydrogen) atoms. The molecule has 1 aliphatic heterocycles. The van der Waals surface area contributed by atoms with E-state index >= 15 is 0 Å². The Morgan fingerprint density at radius 1 is 1.17 bits per heavy atom. The van der Waals surface area contributed by atoms with Crippen LogP contribution >= 0.6 is 0 Å². The van der Waals surface area contributed by atoms with Crippen LogP contribution in [0.25, 0.3) is 0 Å². The van der Waals surface area contributed by atoms with Crippen LogP contribution in [0.1, 0.15) is 36.8 Å². The Hall–Kier alpha value is -1.10. The van der Waals surface area contributed by atoms with Crippen LogP contribution in [0.4, 0.5) is 0 Å². The molecule has 1 aromatic rings. The minimum absolute atomic E-state index is 0.484. The number of nitrogens with one attached hydrogen (secondary N) is 1. The third-order valence-electron chi connectivity index (χ3n) is 5.42. The van der Waals surface area contributed by atoms with Gasteiger partial charge in [0.25, 0.3) is 0 Å². The standard InChI is InChI=1S/C20H32N2O2/c1-22-11-8-19(9-12-22)24-13-3-10-21-18-6-4-17-15-20(23-2)7-5-16(17)14-18/h5,7,15,18-19,21H,3-4,6,8-14H2,1-2H3. The maximum atomic E-state index is 6.02. The number of fused-ring (bicyclic) bond motifs is 1. The number of likely N-dealkylation sites (tertiary alicyclic amines) is 1. The summed E-state index contributed by atoms with van der Waals surface area (Å²) in [6.45, 7) is 4.30. The summed E-state index contributed by atoms with van der Waals surface area (Å²) >= 11 is 0. The van der Waals surface area contributed by atoms with Crippen molar-refractivity contribution in [2.24, 2.45) is 0 Å². The summed E-state index contributed by atoms with van der Waals surface area (Å²) in [4.78, 5) is 2.39. The summed E-state index contributed by atoms with van der Waals surface area (Å²) in [5.41, 5.74) is 2.93. The summed E-state index contributed by atoms with van der Waals surface area (Å²) < 4.78 is 11.3. The first-order chi connectivity index (χ1) is 11.7. The van der Waals surface area contributed by atoms with E-state index in [0.29, 0.717) is 12.1 Å². The molecule has 1 saturated heterocycles. The number of nitrogens with zero attached hydrogens (tertiary/aromatic N) is 1. The number of methoxy groups -OCH3 is 1. The molecule has 1 aliphatic carbocycles. The number of hydrogen-bond acceptors (Lipinski definition) is 4. The number of piperidine rings is 1. The molecule has 0 spiro atoms. The summed E-state index contributed by atoms with van der Waals surface area (Å²) in [6.07, 6.45) is 7.47. The quantitative estimate of drug-likeness (QED) is 0.779. The fraction of sp³-hybridized carbons (Fsp3) is 0.700. The van der Waals surface area contributed by atoms with Crippen LogP contribution in [0.5, 0.6) is 5.75 Å². The molecule has 0 aromatic heterocycles. The molecule has 1 fully saturated rings. The van der Waals surface area contributed by atoms with E-state index < -0.39 is 0 Å². The topological polar surface area (TPSA) is 33.7 Å². The summed E-state index contributed by atoms with van der Waals surface area (Å²) in [5.74, 6) is 0.978. The van der Waals surface area contributed by atoms with Gasteiger partial charge in [0.2, 0.25) is 0 Å². The van der Waals surface area contributed by atoms with Crippen LogP contribution in [0.15, 0.2) is 18.2 Å². The second-order valence-electron chi connectivity index (χ2n) is 7.26. The van der Waals surface area contributed by atoms with Gasteiger partial charge in [-0.2, -0.15) is 0 Å². The van der Waals surface area contributed by atoms with E-state index in [1.165, 1.54) is 43.5 Å². The number of hydrogen-bond donors (Lipinski definition) is 1. The molecule has 1 heterocycles. The predicted octanol–water partition coefficient (Wildman–Crippen LogP) is 2.64. The molecule has 2 aliphatic rings. The second-order valence-corrected chi connectivity index (χ2v) is 7.26. The highest BCUT2D eigenvalue weighted by molar-refractivity contribution is 5.37. The average molecular weight is 332 g/mol. The van der Waals surface area contributed by atoms with E-state index in [-0.39, 0.29) is 0 Å². The Morgan fingerprint density at radius 3 is 2.79 bits per heavy atom. The first kappa shape index (κ1) is 17.7. The van der Waals surface area contributed by atoms with Gasteiger partial charge < -0.3 is 19.7 Å². The van der Waals surface area contributed by atoms with Crippen molar-refractivity contribution in [1.82, 2.24) is 10.2 Å². The fourth-order valence-corrected chi connectivity index (χ4v) is 3.81. The zero-order valence-corrected chi connectivity index (χ0v) is 15.2. The second kappa shape index (κ2) is 8.84. The summed E-state index contributed by atoms with van der Waals surface area (Å²) in [7, 11) is 3.93. The lowest BCUT2D eigenvalue weighted by Crippen LogP contribution is -2.36. The van der Waals surface area contributed by atoms with Crippen molar-refractivity contribution >= 4 is 0 Å². The Labute approximate surface area is 146 Å². The number of aryl methyl sites for hydroxylation is 1. The van der Waals surface area contributed by atoms with Crippen LogP contribution in [0.2, 0.25) is 0 Å². The monoisotopic (exact) mass is 332 g/mol. The van der Waals surface area contributed by atoms with Gasteiger partial charge in [-0.15, -0.1) is 0 Å². The van der Waals surface area contributed by atoms with Crippen molar-refractivity contribution < 1.29 is 9.47 Å². The van der Waals surface area contributed by atoms with Gasteiger partial charge in [0.05, 0.1) is 13.2 Å². The zero-order chi connectivity index (χ0) is 16.8. The molecular formula is C20H32N2O2. The highest BCUT2D eigenvalue weighted by Crippen LogP contribution is 2.25. The van der Waals surface area contributed by atoms with Gasteiger partial charge in [0, 0.05) is 25.7 Å². The van der Waals surface area contributed by atoms with Crippen molar-refractivity contribution in [3.8, 4) is 5.75 Å². The molecule has 1 N–H and O–H groups in total. The zero-order valence-electron chi connectivity index (χ0n) is 15.2. The fourth-order valence-electron chi connectivity index (χ4n) is 3.81. The van der Waals surface area contributed by atoms with E-state index in [1.807, 2.05) is 0 Å². The van der Waals surface area contributed by atoms with Crippen molar-refractivity contribution in [1.29, 1.82) is 0 Å². The minimum Gasteiger partial charge on any atom is -0.497 e. The number of ether oxygens (including phenoxy) is 2. The number of rotatable bonds is 7. The normalized spacial score (nSPS) is 22.3. The van der Waals surface area contributed by atoms with Crippen molar-refractivity contribution in [2.75, 3.05) is 40.4 Å². The van der Waals surface area contributed by atoms with Crippen LogP contribution in [-0.2, 0) is 17.6 Å². The van der Waals surface area contributed by atoms with Gasteiger partial charge in [-0.1, -0.05) is 6.07 Å². The van der Waals surface area contributed by atoms with Crippen LogP contribution < -0.4 is 10.1 Å². The van der Waals surface area contributed by atoms with Gasteiger partial charge in [-0.3, -0.25) is 0 Å². The molecule has 0 bridgehead atoms. The molecule has 1 aromatic carbocycles. The largest absolute Gasteiger partial charge is 0.497 e. The van der Waals surface area contributed by atoms with Crippen LogP contribution in [-0.4, -0.2) is 57.4 Å². The van der Waals surface area contributed by atoms with Crippen molar-refractivity contribution in [2.45, 2.75) is 50.7 Å². The van der Waals surface area contributed by atoms with Gasteiger partial charge in [-0.05, 0) is 75.4 Å². The first-order valence-corrected chi connectivity index (χ1v) is 9.44. The molecule has 0 saturated carbocycles. The van der Waals surface area contributed by atoms with Gasteiger partial charge >= 0.3 is 0 Å². The lowest BCUT2D eigenvalue weighted by Gasteiger charge is -2.29. The molecule has 1 unspecified atom stereocenters. The van der Waals surface area contributed by atoms with Crippen molar-refractivity contribution in [3.63, 3.8) is 0 Å². The highest BCUT2D eigenvalue weighted by Gasteiger charge is 2.19. The van der Waals surface area contributed by atoms with Gasteiger partial charge in [0.15, 0.2) is 0 Å². The van der Waals surface area contributed by atoms with E-state index in [9.17, 15) is 0 Å². The number of benzene rings is 1. The van der Waals surface area contributed by atoms with E-state index in [1.54, 1.807) is 7.11 Å². The first-order valence-electron chi connectivity index (χ1n) is 9.44. The van der Waals surface area contributed by atoms with E-state index in [2.05, 4.69) is 35.5 Å². The Morgan fingerprint density at radius 2 is 2.00 bits per heavy atom. The lowest BCUT2D eigenvalue weighted by atomic mass is 9.88. The Kier molecular flexibility index (Phi) is 6.52. The minimum atomic E-state index is 0.484. The van der Waals surface area contributed by atoms with E-state index in [4.69, 9.17) is 9.47 Å². The molecule has 134 valence electrons. The van der Waals surface area contributed by atoms with Crippen molar-refractivity contribution in [3.05, 3.63) is 29.3 Å². The van der Waals surface area contributed by atoms with E-state index in [0.717, 1.165) is 38.2 Å². The van der Waals surface area contributed by atoms with Gasteiger partial charge in [-0.25, -0.2) is 0 Å². The predicted molar refractivity (Wildman–Crippen MR) is 97.9 cm³/mol. The molecule has 0 amide bonds. The lowest BCUT2D eigenvalue weighted by molar-refractivity contribution is 0.0114. The SMILES string of the molecule is COc1ccc2c(c1)CCC(NCCCOC1CCN(C)CC1)C2. The van der Waals surface area contributed by atoms with Crippen LogP contribution in [0.3, 0.4) is 0 Å². The Balaban J connectivity index is 1.31. The smallest absolute Gasteiger partial charge is 0.119 e.